The number of benzene rings is 1. The van der Waals surface area contributed by atoms with Crippen LogP contribution in [0.3, 0.4) is 0 Å². The number of amides is 1. The average molecular weight is 354 g/mol. The highest BCUT2D eigenvalue weighted by atomic mass is 16.2. The van der Waals surface area contributed by atoms with Crippen LogP contribution in [-0.4, -0.2) is 33.7 Å². The minimum absolute atomic E-state index is 0.0803. The van der Waals surface area contributed by atoms with E-state index in [9.17, 15) is 4.79 Å². The third-order valence-electron chi connectivity index (χ3n) is 4.84. The maximum absolute atomic E-state index is 12.9. The quantitative estimate of drug-likeness (QED) is 0.819. The van der Waals surface area contributed by atoms with Crippen molar-refractivity contribution in [1.29, 1.82) is 0 Å². The number of hydrogen-bond donors (Lipinski definition) is 1. The monoisotopic (exact) mass is 354 g/mol. The molecule has 0 bridgehead atoms. The number of carbonyl (C=O) groups excluding carboxylic acids is 1. The molecule has 3 rings (SSSR count). The summed E-state index contributed by atoms with van der Waals surface area (Å²) in [5.74, 6) is 0.440. The minimum atomic E-state index is -0.0803. The fourth-order valence-electron chi connectivity index (χ4n) is 3.56. The predicted molar refractivity (Wildman–Crippen MR) is 105 cm³/mol. The van der Waals surface area contributed by atoms with Gasteiger partial charge in [-0.2, -0.15) is 5.10 Å². The van der Waals surface area contributed by atoms with E-state index >= 15 is 0 Å². The number of nitrogens with one attached hydrogen (secondary N) is 1. The Balaban J connectivity index is 1.76. The van der Waals surface area contributed by atoms with Crippen LogP contribution in [0, 0.1) is 5.92 Å². The summed E-state index contributed by atoms with van der Waals surface area (Å²) in [6.07, 6.45) is 3.42. The molecule has 26 heavy (non-hydrogen) atoms. The Bertz CT molecular complexity index is 744. The number of aryl methyl sites for hydroxylation is 1. The van der Waals surface area contributed by atoms with Gasteiger partial charge in [0, 0.05) is 18.8 Å². The Morgan fingerprint density at radius 3 is 2.65 bits per heavy atom. The molecule has 5 heteroatoms. The molecule has 1 N–H and O–H groups in total. The van der Waals surface area contributed by atoms with E-state index < -0.39 is 0 Å². The molecule has 1 aromatic carbocycles. The molecule has 0 spiro atoms. The molecular formula is C21H30N4O. The van der Waals surface area contributed by atoms with Crippen LogP contribution in [0.25, 0.3) is 0 Å². The highest BCUT2D eigenvalue weighted by molar-refractivity contribution is 6.03. The molecule has 1 saturated heterocycles. The molecule has 1 aromatic heterocycles. The number of nitrogens with zero attached hydrogens (tertiary/aromatic N) is 3. The summed E-state index contributed by atoms with van der Waals surface area (Å²) in [6.45, 7) is 10.2. The van der Waals surface area contributed by atoms with Crippen molar-refractivity contribution in [3.8, 4) is 0 Å². The number of para-hydroxylation sites is 1. The molecule has 1 fully saturated rings. The van der Waals surface area contributed by atoms with Gasteiger partial charge in [-0.15, -0.1) is 0 Å². The van der Waals surface area contributed by atoms with Crippen molar-refractivity contribution in [3.05, 3.63) is 47.3 Å². The second-order valence-electron chi connectivity index (χ2n) is 7.53. The lowest BCUT2D eigenvalue weighted by Crippen LogP contribution is -2.21. The first-order chi connectivity index (χ1) is 12.6. The van der Waals surface area contributed by atoms with Crippen molar-refractivity contribution in [1.82, 2.24) is 14.7 Å². The Hall–Kier alpha value is -2.14. The maximum atomic E-state index is 12.9. The van der Waals surface area contributed by atoms with E-state index in [1.807, 2.05) is 31.2 Å². The van der Waals surface area contributed by atoms with Crippen LogP contribution in [0.1, 0.15) is 55.4 Å². The fourth-order valence-corrected chi connectivity index (χ4v) is 3.56. The molecule has 0 atom stereocenters. The molecule has 1 amide bonds. The summed E-state index contributed by atoms with van der Waals surface area (Å²) in [7, 11) is 0. The summed E-state index contributed by atoms with van der Waals surface area (Å²) < 4.78 is 1.80. The molecule has 0 aliphatic carbocycles. The lowest BCUT2D eigenvalue weighted by Gasteiger charge is -2.18. The SMILES string of the molecule is CCn1nc(CC(C)C)cc1C(=O)Nc1ccccc1CN1CCCC1. The van der Waals surface area contributed by atoms with Gasteiger partial charge in [-0.1, -0.05) is 32.0 Å². The van der Waals surface area contributed by atoms with Gasteiger partial charge >= 0.3 is 0 Å². The van der Waals surface area contributed by atoms with E-state index in [0.717, 1.165) is 37.4 Å². The minimum Gasteiger partial charge on any atom is -0.320 e. The van der Waals surface area contributed by atoms with E-state index in [0.29, 0.717) is 18.2 Å². The Kier molecular flexibility index (Phi) is 6.09. The van der Waals surface area contributed by atoms with Gasteiger partial charge in [0.25, 0.3) is 5.91 Å². The number of rotatable bonds is 7. The van der Waals surface area contributed by atoms with E-state index in [1.165, 1.54) is 18.4 Å². The molecule has 0 saturated carbocycles. The number of aromatic nitrogens is 2. The van der Waals surface area contributed by atoms with Gasteiger partial charge in [0.2, 0.25) is 0 Å². The highest BCUT2D eigenvalue weighted by Crippen LogP contribution is 2.21. The Morgan fingerprint density at radius 2 is 1.96 bits per heavy atom. The topological polar surface area (TPSA) is 50.2 Å². The van der Waals surface area contributed by atoms with Gasteiger partial charge in [-0.3, -0.25) is 14.4 Å². The van der Waals surface area contributed by atoms with Gasteiger partial charge in [0.05, 0.1) is 5.69 Å². The van der Waals surface area contributed by atoms with Gasteiger partial charge in [0.1, 0.15) is 5.69 Å². The van der Waals surface area contributed by atoms with Gasteiger partial charge in [-0.05, 0) is 62.9 Å². The first kappa shape index (κ1) is 18.6. The van der Waals surface area contributed by atoms with Crippen molar-refractivity contribution < 1.29 is 4.79 Å². The number of likely N-dealkylation sites (tertiary alicyclic amines) is 1. The third-order valence-corrected chi connectivity index (χ3v) is 4.84. The summed E-state index contributed by atoms with van der Waals surface area (Å²) in [5, 5.41) is 7.70. The molecule has 2 heterocycles. The third kappa shape index (κ3) is 4.52. The molecule has 5 nitrogen and oxygen atoms in total. The van der Waals surface area contributed by atoms with Crippen LogP contribution in [0.15, 0.2) is 30.3 Å². The Labute approximate surface area is 156 Å². The highest BCUT2D eigenvalue weighted by Gasteiger charge is 2.18. The van der Waals surface area contributed by atoms with Gasteiger partial charge in [-0.25, -0.2) is 0 Å². The molecule has 0 unspecified atom stereocenters. The molecular weight excluding hydrogens is 324 g/mol. The van der Waals surface area contributed by atoms with Crippen molar-refractivity contribution in [2.75, 3.05) is 18.4 Å². The van der Waals surface area contributed by atoms with E-state index in [4.69, 9.17) is 0 Å². The van der Waals surface area contributed by atoms with Crippen molar-refractivity contribution >= 4 is 11.6 Å². The lowest BCUT2D eigenvalue weighted by molar-refractivity contribution is 0.101. The van der Waals surface area contributed by atoms with Gasteiger partial charge < -0.3 is 5.32 Å². The number of hydrogen-bond acceptors (Lipinski definition) is 3. The second-order valence-corrected chi connectivity index (χ2v) is 7.53. The number of carbonyl (C=O) groups is 1. The Morgan fingerprint density at radius 1 is 1.23 bits per heavy atom. The maximum Gasteiger partial charge on any atom is 0.273 e. The van der Waals surface area contributed by atoms with Crippen LogP contribution in [0.4, 0.5) is 5.69 Å². The first-order valence-electron chi connectivity index (χ1n) is 9.75. The summed E-state index contributed by atoms with van der Waals surface area (Å²) in [6, 6.07) is 10.0. The zero-order valence-electron chi connectivity index (χ0n) is 16.2. The van der Waals surface area contributed by atoms with Crippen LogP contribution < -0.4 is 5.32 Å². The summed E-state index contributed by atoms with van der Waals surface area (Å²) >= 11 is 0. The predicted octanol–water partition coefficient (Wildman–Crippen LogP) is 3.95. The zero-order chi connectivity index (χ0) is 18.5. The molecule has 0 radical (unpaired) electrons. The van der Waals surface area contributed by atoms with Crippen LogP contribution in [0.5, 0.6) is 0 Å². The first-order valence-corrected chi connectivity index (χ1v) is 9.75. The van der Waals surface area contributed by atoms with Crippen molar-refractivity contribution in [2.45, 2.75) is 53.1 Å². The van der Waals surface area contributed by atoms with Crippen molar-refractivity contribution in [3.63, 3.8) is 0 Å². The number of anilines is 1. The van der Waals surface area contributed by atoms with Crippen LogP contribution >= 0.6 is 0 Å². The normalized spacial score (nSPS) is 14.9. The standard InChI is InChI=1S/C21H30N4O/c1-4-25-20(14-18(23-25)13-16(2)3)21(26)22-19-10-6-5-9-17(19)15-24-11-7-8-12-24/h5-6,9-10,14,16H,4,7-8,11-13,15H2,1-3H3,(H,22,26). The average Bonchev–Trinajstić information content (AvgIpc) is 3.25. The molecule has 1 aliphatic heterocycles. The molecule has 140 valence electrons. The fraction of sp³-hybridized carbons (Fsp3) is 0.524. The molecule has 2 aromatic rings. The summed E-state index contributed by atoms with van der Waals surface area (Å²) in [5.41, 5.74) is 3.70. The van der Waals surface area contributed by atoms with E-state index in [-0.39, 0.29) is 5.91 Å². The zero-order valence-corrected chi connectivity index (χ0v) is 16.2. The van der Waals surface area contributed by atoms with Crippen LogP contribution in [-0.2, 0) is 19.5 Å². The van der Waals surface area contributed by atoms with E-state index in [2.05, 4.69) is 35.2 Å². The van der Waals surface area contributed by atoms with E-state index in [1.54, 1.807) is 4.68 Å². The second kappa shape index (κ2) is 8.49. The smallest absolute Gasteiger partial charge is 0.273 e. The molecule has 1 aliphatic rings. The summed E-state index contributed by atoms with van der Waals surface area (Å²) in [4.78, 5) is 15.3. The lowest BCUT2D eigenvalue weighted by atomic mass is 10.1. The van der Waals surface area contributed by atoms with Gasteiger partial charge in [0.15, 0.2) is 0 Å². The van der Waals surface area contributed by atoms with Crippen molar-refractivity contribution in [2.24, 2.45) is 5.92 Å². The largest absolute Gasteiger partial charge is 0.320 e. The van der Waals surface area contributed by atoms with Crippen LogP contribution in [0.2, 0.25) is 0 Å².